The lowest BCUT2D eigenvalue weighted by molar-refractivity contribution is -0.757. The minimum absolute atomic E-state index is 0.0124. The van der Waals surface area contributed by atoms with Gasteiger partial charge in [0.05, 0.1) is 38.4 Å². The van der Waals surface area contributed by atoms with Crippen molar-refractivity contribution in [1.82, 2.24) is 19.9 Å². The number of hydrogen-bond acceptors (Lipinski definition) is 21. The average molecular weight is 876 g/mol. The minimum Gasteiger partial charge on any atom is -0.493 e. The van der Waals surface area contributed by atoms with Gasteiger partial charge in [-0.2, -0.15) is 4.98 Å². The molecule has 4 rings (SSSR count). The molecule has 0 saturated carbocycles. The smallest absolute Gasteiger partial charge is 0.493 e. The molecule has 1 N–H and O–H groups in total. The van der Waals surface area contributed by atoms with Crippen LogP contribution in [-0.4, -0.2) is 104 Å². The Morgan fingerprint density at radius 3 is 1.97 bits per heavy atom. The number of anilines is 1. The summed E-state index contributed by atoms with van der Waals surface area (Å²) in [6, 6.07) is 13.7. The zero-order valence-electron chi connectivity index (χ0n) is 33.0. The zero-order chi connectivity index (χ0) is 44.3. The molecule has 24 nitrogen and oxygen atoms in total. The van der Waals surface area contributed by atoms with Crippen LogP contribution in [0.25, 0.3) is 11.6 Å². The second-order valence-electron chi connectivity index (χ2n) is 12.7. The Labute approximate surface area is 347 Å². The minimum atomic E-state index is -4.46. The monoisotopic (exact) mass is 875 g/mol. The molecule has 4 aromatic rings. The van der Waals surface area contributed by atoms with Crippen LogP contribution >= 0.6 is 0 Å². The van der Waals surface area contributed by atoms with Gasteiger partial charge in [-0.05, 0) is 48.7 Å². The third-order valence-electron chi connectivity index (χ3n) is 7.81. The number of nitrogens with one attached hydrogen (secondary N) is 1. The molecule has 2 heterocycles. The number of carbonyl (C=O) groups excluding carboxylic acids is 2. The summed E-state index contributed by atoms with van der Waals surface area (Å²) in [5.74, 6) is -0.854. The summed E-state index contributed by atoms with van der Waals surface area (Å²) >= 11 is 0. The first-order valence-corrected chi connectivity index (χ1v) is 19.6. The molecule has 328 valence electrons. The number of methoxy groups -OCH3 is 1. The van der Waals surface area contributed by atoms with E-state index >= 15 is 0 Å². The van der Waals surface area contributed by atoms with E-state index in [1.807, 2.05) is 0 Å². The van der Waals surface area contributed by atoms with Gasteiger partial charge < -0.3 is 42.8 Å². The second kappa shape index (κ2) is 22.7. The summed E-state index contributed by atoms with van der Waals surface area (Å²) in [6.45, 7) is 1.96. The Kier molecular flexibility index (Phi) is 17.3. The normalized spacial score (nSPS) is 11.1. The van der Waals surface area contributed by atoms with Crippen molar-refractivity contribution < 1.29 is 71.0 Å². The topological polar surface area (TPSA) is 301 Å². The first kappa shape index (κ1) is 46.4. The van der Waals surface area contributed by atoms with Crippen molar-refractivity contribution in [3.05, 3.63) is 92.8 Å². The van der Waals surface area contributed by atoms with Crippen LogP contribution in [0.3, 0.4) is 0 Å². The van der Waals surface area contributed by atoms with Crippen molar-refractivity contribution >= 4 is 28.2 Å². The molecule has 0 amide bonds. The third-order valence-corrected chi connectivity index (χ3v) is 9.17. The van der Waals surface area contributed by atoms with Crippen molar-refractivity contribution in [2.75, 3.05) is 58.1 Å². The van der Waals surface area contributed by atoms with Crippen molar-refractivity contribution in [3.63, 3.8) is 0 Å². The van der Waals surface area contributed by atoms with E-state index in [1.54, 1.807) is 38.1 Å². The van der Waals surface area contributed by atoms with Crippen LogP contribution in [0, 0.1) is 20.2 Å². The van der Waals surface area contributed by atoms with Crippen molar-refractivity contribution in [1.29, 1.82) is 0 Å². The number of sulfonamides is 1. The van der Waals surface area contributed by atoms with E-state index in [1.165, 1.54) is 49.8 Å². The number of aromatic nitrogens is 4. The highest BCUT2D eigenvalue weighted by atomic mass is 32.2. The van der Waals surface area contributed by atoms with Gasteiger partial charge in [0.2, 0.25) is 11.6 Å². The molecule has 0 spiro atoms. The van der Waals surface area contributed by atoms with Gasteiger partial charge in [-0.15, -0.1) is 20.2 Å². The van der Waals surface area contributed by atoms with Crippen LogP contribution in [0.1, 0.15) is 38.7 Å². The number of unbranched alkanes of at least 4 members (excludes halogenated alkanes) is 1. The van der Waals surface area contributed by atoms with Crippen LogP contribution in [0.2, 0.25) is 0 Å². The highest BCUT2D eigenvalue weighted by molar-refractivity contribution is 7.92. The fraction of sp³-hybridized carbons (Fsp3) is 0.389. The summed E-state index contributed by atoms with van der Waals surface area (Å²) in [5.41, 5.74) is -0.229. The van der Waals surface area contributed by atoms with E-state index < -0.39 is 43.7 Å². The van der Waals surface area contributed by atoms with E-state index in [-0.39, 0.29) is 105 Å². The molecule has 0 bridgehead atoms. The van der Waals surface area contributed by atoms with Crippen LogP contribution in [0.5, 0.6) is 23.1 Å². The van der Waals surface area contributed by atoms with E-state index in [0.29, 0.717) is 5.56 Å². The first-order chi connectivity index (χ1) is 29.2. The SMILES string of the molecule is COc1ccccc1Oc1c(NS(=O)(=O)c2ccc(C(C)(C)COC(=O)OCCCO[N+](=O)[O-])cc2)nc(-c2ncccn2)nc1OCCOC(=O)OCCCCO[N+](=O)[O-]. The van der Waals surface area contributed by atoms with E-state index in [9.17, 15) is 38.2 Å². The summed E-state index contributed by atoms with van der Waals surface area (Å²) in [5, 5.41) is 18.6. The fourth-order valence-corrected chi connectivity index (χ4v) is 5.81. The van der Waals surface area contributed by atoms with Crippen molar-refractivity contribution in [2.45, 2.75) is 43.4 Å². The van der Waals surface area contributed by atoms with Gasteiger partial charge in [-0.3, -0.25) is 4.72 Å². The van der Waals surface area contributed by atoms with Crippen LogP contribution in [0.4, 0.5) is 15.4 Å². The number of para-hydroxylation sites is 2. The van der Waals surface area contributed by atoms with Crippen LogP contribution < -0.4 is 18.9 Å². The number of benzene rings is 2. The molecule has 0 aliphatic rings. The number of ether oxygens (including phenoxy) is 7. The Morgan fingerprint density at radius 2 is 1.31 bits per heavy atom. The maximum Gasteiger partial charge on any atom is 0.508 e. The average Bonchev–Trinajstić information content (AvgIpc) is 3.23. The van der Waals surface area contributed by atoms with Gasteiger partial charge in [-0.1, -0.05) is 38.1 Å². The van der Waals surface area contributed by atoms with Gasteiger partial charge in [-0.25, -0.2) is 33.0 Å². The Bertz CT molecular complexity index is 2200. The molecule has 0 atom stereocenters. The molecule has 0 unspecified atom stereocenters. The lowest BCUT2D eigenvalue weighted by Gasteiger charge is -2.24. The fourth-order valence-electron chi connectivity index (χ4n) is 4.81. The van der Waals surface area contributed by atoms with Gasteiger partial charge >= 0.3 is 12.3 Å². The molecule has 0 saturated heterocycles. The van der Waals surface area contributed by atoms with Gasteiger partial charge in [0.15, 0.2) is 23.1 Å². The molecule has 61 heavy (non-hydrogen) atoms. The molecule has 0 fully saturated rings. The molecular formula is C36H41N7O17S. The van der Waals surface area contributed by atoms with E-state index in [2.05, 4.69) is 34.3 Å². The van der Waals surface area contributed by atoms with E-state index in [0.717, 1.165) is 0 Å². The Morgan fingerprint density at radius 1 is 0.721 bits per heavy atom. The van der Waals surface area contributed by atoms with E-state index in [4.69, 9.17) is 33.2 Å². The summed E-state index contributed by atoms with van der Waals surface area (Å²) < 4.78 is 68.0. The highest BCUT2D eigenvalue weighted by Crippen LogP contribution is 2.41. The zero-order valence-corrected chi connectivity index (χ0v) is 33.8. The first-order valence-electron chi connectivity index (χ1n) is 18.1. The molecular weight excluding hydrogens is 834 g/mol. The van der Waals surface area contributed by atoms with Crippen molar-refractivity contribution in [3.8, 4) is 34.8 Å². The van der Waals surface area contributed by atoms with Crippen LogP contribution in [-0.2, 0) is 44.1 Å². The lowest BCUT2D eigenvalue weighted by atomic mass is 9.86. The van der Waals surface area contributed by atoms with Crippen molar-refractivity contribution in [2.24, 2.45) is 0 Å². The maximum absolute atomic E-state index is 14.0. The molecule has 0 radical (unpaired) electrons. The number of carbonyl (C=O) groups is 2. The standard InChI is InChI=1S/C36H41N7O17S/c1-36(2,24-57-35(45)55-19-9-21-59-43(48)49)25-12-14-26(15-13-25)61(50,51)41-30-29(60-28-11-5-4-10-27(28)52-3)33(40-32(39-30)31-37-16-8-17-38-31)53-22-23-56-34(44)54-18-6-7-20-58-42(46)47/h4-5,8,10-17H,6-7,9,18-24H2,1-3H3,(H,39,40,41). The highest BCUT2D eigenvalue weighted by Gasteiger charge is 2.28. The molecule has 0 aliphatic carbocycles. The summed E-state index contributed by atoms with van der Waals surface area (Å²) in [6.07, 6.45) is 1.40. The molecule has 2 aromatic heterocycles. The molecule has 2 aromatic carbocycles. The lowest BCUT2D eigenvalue weighted by Crippen LogP contribution is -2.27. The Hall–Kier alpha value is -7.31. The molecule has 25 heteroatoms. The summed E-state index contributed by atoms with van der Waals surface area (Å²) in [4.78, 5) is 70.0. The van der Waals surface area contributed by atoms with Gasteiger partial charge in [0, 0.05) is 24.2 Å². The third kappa shape index (κ3) is 15.1. The van der Waals surface area contributed by atoms with Crippen LogP contribution in [0.15, 0.2) is 71.9 Å². The quantitative estimate of drug-likeness (QED) is 0.0392. The predicted molar refractivity (Wildman–Crippen MR) is 206 cm³/mol. The second-order valence-corrected chi connectivity index (χ2v) is 14.4. The Balaban J connectivity index is 1.55. The maximum atomic E-state index is 14.0. The number of rotatable bonds is 25. The van der Waals surface area contributed by atoms with Gasteiger partial charge in [0.1, 0.15) is 19.8 Å². The van der Waals surface area contributed by atoms with Gasteiger partial charge in [0.25, 0.3) is 26.1 Å². The number of hydrogen-bond donors (Lipinski definition) is 1. The summed E-state index contributed by atoms with van der Waals surface area (Å²) in [7, 11) is -3.06. The predicted octanol–water partition coefficient (Wildman–Crippen LogP) is 5.09. The largest absolute Gasteiger partial charge is 0.508 e. The molecule has 0 aliphatic heterocycles. The number of nitrogens with zero attached hydrogens (tertiary/aromatic N) is 6.